The number of hydrogen-bond acceptors (Lipinski definition) is 7. The molecule has 2 heterocycles. The Hall–Kier alpha value is -2.27. The lowest BCUT2D eigenvalue weighted by molar-refractivity contribution is 0.0690. The topological polar surface area (TPSA) is 89.4 Å². The summed E-state index contributed by atoms with van der Waals surface area (Å²) in [4.78, 5) is 8.77. The molecule has 7 nitrogen and oxygen atoms in total. The van der Waals surface area contributed by atoms with Gasteiger partial charge in [-0.1, -0.05) is 17.3 Å². The van der Waals surface area contributed by atoms with Crippen molar-refractivity contribution in [2.75, 3.05) is 32.7 Å². The van der Waals surface area contributed by atoms with Crippen LogP contribution in [0.5, 0.6) is 0 Å². The lowest BCUT2D eigenvalue weighted by Gasteiger charge is -2.35. The first-order chi connectivity index (χ1) is 11.6. The fourth-order valence-electron chi connectivity index (χ4n) is 2.87. The van der Waals surface area contributed by atoms with Crippen LogP contribution in [0.3, 0.4) is 0 Å². The third-order valence-corrected chi connectivity index (χ3v) is 4.26. The number of aromatic nitrogens is 2. The number of aliphatic hydroxyl groups excluding tert-OH is 1. The van der Waals surface area contributed by atoms with Gasteiger partial charge in [-0.25, -0.2) is 0 Å². The maximum atomic E-state index is 10.4. The quantitative estimate of drug-likeness (QED) is 0.879. The van der Waals surface area contributed by atoms with Gasteiger partial charge in [0.25, 0.3) is 0 Å². The molecule has 1 aliphatic heterocycles. The predicted molar refractivity (Wildman–Crippen MR) is 86.9 cm³/mol. The van der Waals surface area contributed by atoms with Crippen LogP contribution >= 0.6 is 0 Å². The average Bonchev–Trinajstić information content (AvgIpc) is 3.01. The number of aryl methyl sites for hydroxylation is 1. The van der Waals surface area contributed by atoms with Crippen molar-refractivity contribution in [3.05, 3.63) is 47.1 Å². The molecule has 0 bridgehead atoms. The van der Waals surface area contributed by atoms with E-state index in [0.29, 0.717) is 24.5 Å². The molecule has 1 atom stereocenters. The van der Waals surface area contributed by atoms with Gasteiger partial charge in [0.2, 0.25) is 5.89 Å². The highest BCUT2D eigenvalue weighted by Crippen LogP contribution is 2.16. The van der Waals surface area contributed by atoms with Gasteiger partial charge in [0, 0.05) is 39.6 Å². The number of rotatable bonds is 5. The van der Waals surface area contributed by atoms with Crippen LogP contribution in [0, 0.1) is 18.3 Å². The molecule has 1 aliphatic rings. The second-order valence-electron chi connectivity index (χ2n) is 6.06. The molecule has 1 aromatic carbocycles. The van der Waals surface area contributed by atoms with Crippen LogP contribution in [0.2, 0.25) is 0 Å². The largest absolute Gasteiger partial charge is 0.387 e. The molecule has 3 rings (SSSR count). The molecule has 0 aliphatic carbocycles. The Morgan fingerprint density at radius 3 is 2.46 bits per heavy atom. The predicted octanol–water partition coefficient (Wildman–Crippen LogP) is 1.10. The zero-order valence-corrected chi connectivity index (χ0v) is 13.7. The molecule has 2 aromatic rings. The number of hydrogen-bond donors (Lipinski definition) is 1. The SMILES string of the molecule is Cc1nc(CN2CCN(CC(O)c3ccc(C#N)cc3)CC2)no1. The van der Waals surface area contributed by atoms with Crippen molar-refractivity contribution >= 4 is 0 Å². The summed E-state index contributed by atoms with van der Waals surface area (Å²) < 4.78 is 4.99. The van der Waals surface area contributed by atoms with Crippen molar-refractivity contribution in [3.8, 4) is 6.07 Å². The van der Waals surface area contributed by atoms with Crippen LogP contribution in [0.1, 0.15) is 28.9 Å². The van der Waals surface area contributed by atoms with Gasteiger partial charge in [-0.3, -0.25) is 9.80 Å². The molecule has 0 radical (unpaired) electrons. The average molecular weight is 327 g/mol. The zero-order valence-electron chi connectivity index (χ0n) is 13.7. The molecule has 0 saturated carbocycles. The summed E-state index contributed by atoms with van der Waals surface area (Å²) in [6.45, 7) is 6.69. The smallest absolute Gasteiger partial charge is 0.223 e. The maximum Gasteiger partial charge on any atom is 0.223 e. The van der Waals surface area contributed by atoms with E-state index in [2.05, 4.69) is 26.0 Å². The van der Waals surface area contributed by atoms with Gasteiger partial charge in [-0.2, -0.15) is 10.2 Å². The van der Waals surface area contributed by atoms with Crippen molar-refractivity contribution in [3.63, 3.8) is 0 Å². The number of aliphatic hydroxyl groups is 1. The molecule has 1 unspecified atom stereocenters. The summed E-state index contributed by atoms with van der Waals surface area (Å²) in [6.07, 6.45) is -0.538. The summed E-state index contributed by atoms with van der Waals surface area (Å²) in [7, 11) is 0. The lowest BCUT2D eigenvalue weighted by Crippen LogP contribution is -2.47. The van der Waals surface area contributed by atoms with E-state index in [1.54, 1.807) is 19.1 Å². The second-order valence-corrected chi connectivity index (χ2v) is 6.06. The summed E-state index contributed by atoms with van der Waals surface area (Å²) in [5.74, 6) is 1.31. The fraction of sp³-hybridized carbons (Fsp3) is 0.471. The van der Waals surface area contributed by atoms with E-state index < -0.39 is 6.10 Å². The lowest BCUT2D eigenvalue weighted by atomic mass is 10.1. The molecule has 24 heavy (non-hydrogen) atoms. The Morgan fingerprint density at radius 2 is 1.88 bits per heavy atom. The van der Waals surface area contributed by atoms with Gasteiger partial charge in [0.05, 0.1) is 24.3 Å². The number of piperazine rings is 1. The van der Waals surface area contributed by atoms with Crippen LogP contribution in [0.15, 0.2) is 28.8 Å². The Labute approximate surface area is 141 Å². The van der Waals surface area contributed by atoms with Gasteiger partial charge in [0.1, 0.15) is 0 Å². The van der Waals surface area contributed by atoms with E-state index in [0.717, 1.165) is 37.6 Å². The Kier molecular flexibility index (Phi) is 5.20. The van der Waals surface area contributed by atoms with E-state index in [1.807, 2.05) is 12.1 Å². The van der Waals surface area contributed by atoms with Crippen molar-refractivity contribution < 1.29 is 9.63 Å². The van der Waals surface area contributed by atoms with Crippen molar-refractivity contribution in [2.24, 2.45) is 0 Å². The first-order valence-electron chi connectivity index (χ1n) is 8.06. The highest BCUT2D eigenvalue weighted by atomic mass is 16.5. The minimum absolute atomic E-state index is 0.538. The summed E-state index contributed by atoms with van der Waals surface area (Å²) in [6, 6.07) is 9.20. The molecule has 1 fully saturated rings. The van der Waals surface area contributed by atoms with Crippen molar-refractivity contribution in [1.29, 1.82) is 5.26 Å². The number of nitrogens with zero attached hydrogens (tertiary/aromatic N) is 5. The Morgan fingerprint density at radius 1 is 1.21 bits per heavy atom. The van der Waals surface area contributed by atoms with Crippen molar-refractivity contribution in [1.82, 2.24) is 19.9 Å². The van der Waals surface area contributed by atoms with Crippen LogP contribution in [-0.2, 0) is 6.54 Å². The first kappa shape index (κ1) is 16.6. The highest BCUT2D eigenvalue weighted by Gasteiger charge is 2.21. The molecule has 1 saturated heterocycles. The van der Waals surface area contributed by atoms with Gasteiger partial charge in [-0.05, 0) is 17.7 Å². The molecule has 7 heteroatoms. The maximum absolute atomic E-state index is 10.4. The second kappa shape index (κ2) is 7.53. The Bertz CT molecular complexity index is 699. The molecule has 1 N–H and O–H groups in total. The molecular formula is C17H21N5O2. The normalized spacial score (nSPS) is 17.5. The van der Waals surface area contributed by atoms with Crippen LogP contribution in [0.25, 0.3) is 0 Å². The number of β-amino-alcohol motifs (C(OH)–C–C–N with tert-alkyl or cyclic N) is 1. The summed E-state index contributed by atoms with van der Waals surface area (Å²) in [5, 5.41) is 23.1. The van der Waals surface area contributed by atoms with Crippen LogP contribution in [-0.4, -0.2) is 57.8 Å². The summed E-state index contributed by atoms with van der Waals surface area (Å²) in [5.41, 5.74) is 1.45. The van der Waals surface area contributed by atoms with Gasteiger partial charge in [-0.15, -0.1) is 0 Å². The monoisotopic (exact) mass is 327 g/mol. The fourth-order valence-corrected chi connectivity index (χ4v) is 2.87. The molecular weight excluding hydrogens is 306 g/mol. The highest BCUT2D eigenvalue weighted by molar-refractivity contribution is 5.32. The van der Waals surface area contributed by atoms with Crippen molar-refractivity contribution in [2.45, 2.75) is 19.6 Å². The van der Waals surface area contributed by atoms with E-state index >= 15 is 0 Å². The van der Waals surface area contributed by atoms with E-state index in [1.165, 1.54) is 0 Å². The first-order valence-corrected chi connectivity index (χ1v) is 8.06. The van der Waals surface area contributed by atoms with Crippen LogP contribution < -0.4 is 0 Å². The van der Waals surface area contributed by atoms with Gasteiger partial charge >= 0.3 is 0 Å². The number of benzene rings is 1. The zero-order chi connectivity index (χ0) is 16.9. The minimum Gasteiger partial charge on any atom is -0.387 e. The number of nitriles is 1. The molecule has 1 aromatic heterocycles. The molecule has 0 amide bonds. The van der Waals surface area contributed by atoms with E-state index in [9.17, 15) is 5.11 Å². The Balaban J connectivity index is 1.47. The van der Waals surface area contributed by atoms with Crippen LogP contribution in [0.4, 0.5) is 0 Å². The van der Waals surface area contributed by atoms with Gasteiger partial charge in [0.15, 0.2) is 5.82 Å². The van der Waals surface area contributed by atoms with E-state index in [4.69, 9.17) is 9.78 Å². The minimum atomic E-state index is -0.538. The van der Waals surface area contributed by atoms with Gasteiger partial charge < -0.3 is 9.63 Å². The molecule has 126 valence electrons. The third kappa shape index (κ3) is 4.17. The summed E-state index contributed by atoms with van der Waals surface area (Å²) >= 11 is 0. The molecule has 0 spiro atoms. The standard InChI is InChI=1S/C17H21N5O2/c1-13-19-17(20-24-13)12-22-8-6-21(7-9-22)11-16(23)15-4-2-14(10-18)3-5-15/h2-5,16,23H,6-9,11-12H2,1H3. The van der Waals surface area contributed by atoms with E-state index in [-0.39, 0.29) is 0 Å². The third-order valence-electron chi connectivity index (χ3n) is 4.26.